The van der Waals surface area contributed by atoms with E-state index in [4.69, 9.17) is 14.6 Å². The van der Waals surface area contributed by atoms with Gasteiger partial charge < -0.3 is 19.9 Å². The van der Waals surface area contributed by atoms with Gasteiger partial charge in [-0.2, -0.15) is 0 Å². The molecule has 0 bridgehead atoms. The third kappa shape index (κ3) is 3.41. The van der Waals surface area contributed by atoms with Crippen LogP contribution >= 0.6 is 0 Å². The van der Waals surface area contributed by atoms with Gasteiger partial charge in [0.2, 0.25) is 0 Å². The van der Waals surface area contributed by atoms with Crippen LogP contribution in [0.25, 0.3) is 0 Å². The van der Waals surface area contributed by atoms with Crippen molar-refractivity contribution in [2.24, 2.45) is 0 Å². The summed E-state index contributed by atoms with van der Waals surface area (Å²) in [7, 11) is 0. The van der Waals surface area contributed by atoms with E-state index in [2.05, 4.69) is 5.32 Å². The van der Waals surface area contributed by atoms with Crippen molar-refractivity contribution in [2.45, 2.75) is 6.42 Å². The molecular formula is C13H15NO4. The average Bonchev–Trinajstić information content (AvgIpc) is 2.59. The largest absolute Gasteiger partial charge is 0.490 e. The Morgan fingerprint density at radius 3 is 2.89 bits per heavy atom. The topological polar surface area (TPSA) is 67.8 Å². The fourth-order valence-corrected chi connectivity index (χ4v) is 1.61. The molecule has 1 aliphatic heterocycles. The van der Waals surface area contributed by atoms with Crippen LogP contribution in [0.5, 0.6) is 11.5 Å². The van der Waals surface area contributed by atoms with E-state index >= 15 is 0 Å². The van der Waals surface area contributed by atoms with E-state index in [1.54, 1.807) is 6.08 Å². The summed E-state index contributed by atoms with van der Waals surface area (Å²) in [6.45, 7) is 1.77. The first-order chi connectivity index (χ1) is 8.75. The Balaban J connectivity index is 1.97. The predicted molar refractivity (Wildman–Crippen MR) is 67.3 cm³/mol. The maximum absolute atomic E-state index is 10.3. The fourth-order valence-electron chi connectivity index (χ4n) is 1.61. The van der Waals surface area contributed by atoms with Crippen LogP contribution in [-0.4, -0.2) is 30.8 Å². The van der Waals surface area contributed by atoms with Crippen molar-refractivity contribution < 1.29 is 19.4 Å². The number of ether oxygens (including phenoxy) is 2. The molecule has 1 aromatic carbocycles. The molecule has 2 N–H and O–H groups in total. The van der Waals surface area contributed by atoms with E-state index in [-0.39, 0.29) is 0 Å². The molecule has 1 aliphatic rings. The summed E-state index contributed by atoms with van der Waals surface area (Å²) in [5.41, 5.74) is 0.870. The first-order valence-corrected chi connectivity index (χ1v) is 5.79. The number of hydrogen-bond donors (Lipinski definition) is 2. The predicted octanol–water partition coefficient (Wildman–Crippen LogP) is 1.90. The molecule has 0 aliphatic carbocycles. The molecule has 0 aromatic heterocycles. The number of anilines is 1. The lowest BCUT2D eigenvalue weighted by Crippen LogP contribution is -2.00. The smallest absolute Gasteiger partial charge is 0.328 e. The van der Waals surface area contributed by atoms with Crippen LogP contribution in [0.4, 0.5) is 5.69 Å². The van der Waals surface area contributed by atoms with Crippen LogP contribution in [0.15, 0.2) is 30.4 Å². The highest BCUT2D eigenvalue weighted by Crippen LogP contribution is 2.32. The summed E-state index contributed by atoms with van der Waals surface area (Å²) >= 11 is 0. The SMILES string of the molecule is O=C(O)/C=C/CNc1ccc2c(c1)OCCCO2. The highest BCUT2D eigenvalue weighted by Gasteiger charge is 2.09. The first kappa shape index (κ1) is 12.3. The number of nitrogens with one attached hydrogen (secondary N) is 1. The van der Waals surface area contributed by atoms with E-state index in [9.17, 15) is 4.79 Å². The molecule has 0 fully saturated rings. The van der Waals surface area contributed by atoms with Crippen LogP contribution in [-0.2, 0) is 4.79 Å². The highest BCUT2D eigenvalue weighted by molar-refractivity contribution is 5.79. The molecule has 1 aromatic rings. The van der Waals surface area contributed by atoms with Crippen LogP contribution in [0, 0.1) is 0 Å². The molecule has 18 heavy (non-hydrogen) atoms. The van der Waals surface area contributed by atoms with Gasteiger partial charge in [0, 0.05) is 30.8 Å². The summed E-state index contributed by atoms with van der Waals surface area (Å²) in [5, 5.41) is 11.5. The molecule has 96 valence electrons. The minimum Gasteiger partial charge on any atom is -0.490 e. The lowest BCUT2D eigenvalue weighted by Gasteiger charge is -2.09. The molecule has 0 atom stereocenters. The molecular weight excluding hydrogens is 234 g/mol. The van der Waals surface area contributed by atoms with Gasteiger partial charge >= 0.3 is 5.97 Å². The second-order valence-corrected chi connectivity index (χ2v) is 3.83. The lowest BCUT2D eigenvalue weighted by atomic mass is 10.2. The average molecular weight is 249 g/mol. The summed E-state index contributed by atoms with van der Waals surface area (Å²) < 4.78 is 11.1. The molecule has 0 saturated carbocycles. The minimum absolute atomic E-state index is 0.450. The van der Waals surface area contributed by atoms with E-state index in [1.165, 1.54) is 0 Å². The highest BCUT2D eigenvalue weighted by atomic mass is 16.5. The van der Waals surface area contributed by atoms with E-state index < -0.39 is 5.97 Å². The van der Waals surface area contributed by atoms with Gasteiger partial charge in [-0.15, -0.1) is 0 Å². The number of fused-ring (bicyclic) bond motifs is 1. The number of aliphatic carboxylic acids is 1. The van der Waals surface area contributed by atoms with Gasteiger partial charge in [0.05, 0.1) is 13.2 Å². The second-order valence-electron chi connectivity index (χ2n) is 3.83. The Labute approximate surface area is 105 Å². The van der Waals surface area contributed by atoms with Crippen molar-refractivity contribution in [2.75, 3.05) is 25.1 Å². The van der Waals surface area contributed by atoms with Gasteiger partial charge in [0.15, 0.2) is 11.5 Å². The zero-order valence-electron chi connectivity index (χ0n) is 9.89. The van der Waals surface area contributed by atoms with Crippen LogP contribution < -0.4 is 14.8 Å². The Morgan fingerprint density at radius 1 is 1.33 bits per heavy atom. The number of rotatable bonds is 4. The summed E-state index contributed by atoms with van der Waals surface area (Å²) in [5.74, 6) is 0.523. The monoisotopic (exact) mass is 249 g/mol. The Hall–Kier alpha value is -2.17. The molecule has 5 heteroatoms. The molecule has 0 saturated heterocycles. The van der Waals surface area contributed by atoms with Crippen molar-refractivity contribution in [3.63, 3.8) is 0 Å². The minimum atomic E-state index is -0.949. The number of carbonyl (C=O) groups is 1. The van der Waals surface area contributed by atoms with E-state index in [0.29, 0.717) is 19.8 Å². The number of carboxylic acid groups (broad SMARTS) is 1. The standard InChI is InChI=1S/C13H15NO4/c15-13(16)3-1-6-14-10-4-5-11-12(9-10)18-8-2-7-17-11/h1,3-5,9,14H,2,6-8H2,(H,15,16)/b3-1+. The van der Waals surface area contributed by atoms with Gasteiger partial charge in [-0.3, -0.25) is 0 Å². The Bertz CT molecular complexity index is 456. The third-order valence-electron chi connectivity index (χ3n) is 2.43. The third-order valence-corrected chi connectivity index (χ3v) is 2.43. The van der Waals surface area contributed by atoms with E-state index in [1.807, 2.05) is 18.2 Å². The first-order valence-electron chi connectivity index (χ1n) is 5.79. The van der Waals surface area contributed by atoms with Crippen LogP contribution in [0.3, 0.4) is 0 Å². The Kier molecular flexibility index (Phi) is 4.06. The van der Waals surface area contributed by atoms with Crippen molar-refractivity contribution in [3.05, 3.63) is 30.4 Å². The van der Waals surface area contributed by atoms with Crippen molar-refractivity contribution >= 4 is 11.7 Å². The van der Waals surface area contributed by atoms with Crippen molar-refractivity contribution in [1.82, 2.24) is 0 Å². The number of benzene rings is 1. The van der Waals surface area contributed by atoms with Crippen molar-refractivity contribution in [3.8, 4) is 11.5 Å². The quantitative estimate of drug-likeness (QED) is 0.798. The van der Waals surface area contributed by atoms with Crippen molar-refractivity contribution in [1.29, 1.82) is 0 Å². The summed E-state index contributed by atoms with van der Waals surface area (Å²) in [4.78, 5) is 10.3. The molecule has 0 radical (unpaired) electrons. The normalized spacial score (nSPS) is 14.2. The molecule has 0 spiro atoms. The van der Waals surface area contributed by atoms with Gasteiger partial charge in [0.1, 0.15) is 0 Å². The Morgan fingerprint density at radius 2 is 2.11 bits per heavy atom. The van der Waals surface area contributed by atoms with Crippen LogP contribution in [0.2, 0.25) is 0 Å². The zero-order chi connectivity index (χ0) is 12.8. The fraction of sp³-hybridized carbons (Fsp3) is 0.308. The van der Waals surface area contributed by atoms with Gasteiger partial charge in [-0.25, -0.2) is 4.79 Å². The molecule has 2 rings (SSSR count). The van der Waals surface area contributed by atoms with Crippen LogP contribution in [0.1, 0.15) is 6.42 Å². The summed E-state index contributed by atoms with van der Waals surface area (Å²) in [6.07, 6.45) is 3.53. The summed E-state index contributed by atoms with van der Waals surface area (Å²) in [6, 6.07) is 5.58. The molecule has 1 heterocycles. The number of hydrogen-bond acceptors (Lipinski definition) is 4. The maximum atomic E-state index is 10.3. The second kappa shape index (κ2) is 5.95. The molecule has 0 unspecified atom stereocenters. The molecule has 0 amide bonds. The van der Waals surface area contributed by atoms with Gasteiger partial charge in [0.25, 0.3) is 0 Å². The van der Waals surface area contributed by atoms with Gasteiger partial charge in [-0.05, 0) is 12.1 Å². The molecule has 5 nitrogen and oxygen atoms in total. The lowest BCUT2D eigenvalue weighted by molar-refractivity contribution is -0.131. The zero-order valence-corrected chi connectivity index (χ0v) is 9.89. The number of carboxylic acids is 1. The maximum Gasteiger partial charge on any atom is 0.328 e. The van der Waals surface area contributed by atoms with E-state index in [0.717, 1.165) is 29.7 Å². The van der Waals surface area contributed by atoms with Gasteiger partial charge in [-0.1, -0.05) is 6.08 Å².